The first-order valence-electron chi connectivity index (χ1n) is 4.20. The zero-order valence-electron chi connectivity index (χ0n) is 8.06. The van der Waals surface area contributed by atoms with E-state index >= 15 is 0 Å². The number of aliphatic hydroxyl groups excluding tert-OH is 1. The Bertz CT molecular complexity index is 328. The molecule has 0 fully saturated rings. The van der Waals surface area contributed by atoms with Crippen molar-refractivity contribution in [3.05, 3.63) is 22.3 Å². The van der Waals surface area contributed by atoms with Crippen LogP contribution >= 0.6 is 11.6 Å². The fraction of sp³-hybridized carbons (Fsp3) is 0.400. The summed E-state index contributed by atoms with van der Waals surface area (Å²) < 4.78 is 0. The summed E-state index contributed by atoms with van der Waals surface area (Å²) in [6.45, 7) is 2.69. The van der Waals surface area contributed by atoms with Gasteiger partial charge in [-0.1, -0.05) is 0 Å². The maximum atomic E-state index is 11.6. The number of ketones is 2. The van der Waals surface area contributed by atoms with Crippen molar-refractivity contribution in [1.29, 1.82) is 0 Å². The van der Waals surface area contributed by atoms with Crippen molar-refractivity contribution in [3.63, 3.8) is 0 Å². The Morgan fingerprint density at radius 2 is 1.50 bits per heavy atom. The summed E-state index contributed by atoms with van der Waals surface area (Å²) >= 11 is 5.58. The molecule has 14 heavy (non-hydrogen) atoms. The Hall–Kier alpha value is -0.930. The van der Waals surface area contributed by atoms with E-state index in [1.165, 1.54) is 6.92 Å². The lowest BCUT2D eigenvalue weighted by Gasteiger charge is -2.17. The topological polar surface area (TPSA) is 54.4 Å². The predicted molar refractivity (Wildman–Crippen MR) is 53.2 cm³/mol. The van der Waals surface area contributed by atoms with Crippen LogP contribution in [0.5, 0.6) is 0 Å². The van der Waals surface area contributed by atoms with Crippen molar-refractivity contribution >= 4 is 23.2 Å². The van der Waals surface area contributed by atoms with Gasteiger partial charge in [-0.2, -0.15) is 0 Å². The summed E-state index contributed by atoms with van der Waals surface area (Å²) in [6, 6.07) is 0. The number of allylic oxidation sites excluding steroid dienone is 3. The van der Waals surface area contributed by atoms with Crippen molar-refractivity contribution in [2.45, 2.75) is 13.8 Å². The maximum Gasteiger partial charge on any atom is 0.187 e. The molecule has 1 aliphatic rings. The van der Waals surface area contributed by atoms with Gasteiger partial charge < -0.3 is 5.11 Å². The van der Waals surface area contributed by atoms with Gasteiger partial charge in [-0.3, -0.25) is 9.59 Å². The highest BCUT2D eigenvalue weighted by Gasteiger charge is 2.28. The van der Waals surface area contributed by atoms with Crippen LogP contribution in [0.25, 0.3) is 0 Å². The van der Waals surface area contributed by atoms with Crippen LogP contribution in [0.3, 0.4) is 0 Å². The number of hydrogen-bond acceptors (Lipinski definition) is 3. The number of rotatable bonds is 2. The molecule has 0 radical (unpaired) electrons. The number of aliphatic hydroxyl groups is 1. The first kappa shape index (κ1) is 11.1. The number of halogens is 1. The molecular formula is C10H11ClO3. The summed E-state index contributed by atoms with van der Waals surface area (Å²) in [4.78, 5) is 23.2. The van der Waals surface area contributed by atoms with Gasteiger partial charge in [0.2, 0.25) is 0 Å². The van der Waals surface area contributed by atoms with Gasteiger partial charge in [0, 0.05) is 22.3 Å². The lowest BCUT2D eigenvalue weighted by Crippen LogP contribution is -2.24. The first-order valence-corrected chi connectivity index (χ1v) is 4.73. The molecule has 0 aromatic carbocycles. The molecule has 0 bridgehead atoms. The van der Waals surface area contributed by atoms with E-state index in [2.05, 4.69) is 0 Å². The molecule has 4 heteroatoms. The smallest absolute Gasteiger partial charge is 0.187 e. The van der Waals surface area contributed by atoms with Gasteiger partial charge in [0.1, 0.15) is 0 Å². The molecule has 0 aromatic rings. The third-order valence-corrected chi connectivity index (χ3v) is 2.69. The van der Waals surface area contributed by atoms with Crippen LogP contribution in [0, 0.1) is 0 Å². The number of carbonyl (C=O) groups excluding carboxylic acids is 2. The third-order valence-electron chi connectivity index (χ3n) is 2.43. The molecule has 0 aliphatic heterocycles. The second-order valence-corrected chi connectivity index (χ2v) is 3.42. The highest BCUT2D eigenvalue weighted by Crippen LogP contribution is 2.24. The van der Waals surface area contributed by atoms with Crippen LogP contribution in [-0.4, -0.2) is 29.2 Å². The number of Topliss-reactive ketones (excluding diaryl/α,β-unsaturated/α-hetero) is 2. The second kappa shape index (κ2) is 4.07. The van der Waals surface area contributed by atoms with Crippen molar-refractivity contribution in [3.8, 4) is 0 Å². The van der Waals surface area contributed by atoms with Crippen LogP contribution < -0.4 is 0 Å². The molecule has 0 saturated carbocycles. The Kier molecular flexibility index (Phi) is 3.24. The Morgan fingerprint density at radius 3 is 1.93 bits per heavy atom. The summed E-state index contributed by atoms with van der Waals surface area (Å²) in [7, 11) is 0. The summed E-state index contributed by atoms with van der Waals surface area (Å²) in [5.74, 6) is -0.478. The molecule has 1 aliphatic carbocycles. The minimum absolute atomic E-state index is 0.0342. The Morgan fingerprint density at radius 1 is 1.07 bits per heavy atom. The number of hydrogen-bond donors (Lipinski definition) is 1. The maximum absolute atomic E-state index is 11.6. The molecule has 0 spiro atoms. The standard InChI is InChI=1S/C10H11ClO3/c1-5-7(3-11)9(13)6(2)8(4-12)10(5)14/h12H,3-4H2,1-2H3. The van der Waals surface area contributed by atoms with Crippen molar-refractivity contribution in [2.24, 2.45) is 0 Å². The second-order valence-electron chi connectivity index (χ2n) is 3.16. The third kappa shape index (κ3) is 1.53. The van der Waals surface area contributed by atoms with E-state index < -0.39 is 6.61 Å². The van der Waals surface area contributed by atoms with Gasteiger partial charge in [0.05, 0.1) is 12.5 Å². The monoisotopic (exact) mass is 214 g/mol. The predicted octanol–water partition coefficient (Wildman–Crippen LogP) is 1.00. The molecule has 3 nitrogen and oxygen atoms in total. The highest BCUT2D eigenvalue weighted by atomic mass is 35.5. The molecular weight excluding hydrogens is 204 g/mol. The first-order chi connectivity index (χ1) is 6.54. The molecule has 1 rings (SSSR count). The average Bonchev–Trinajstić information content (AvgIpc) is 2.17. The summed E-state index contributed by atoms with van der Waals surface area (Å²) in [6.07, 6.45) is 0. The molecule has 0 heterocycles. The Labute approximate surface area is 87.1 Å². The largest absolute Gasteiger partial charge is 0.392 e. The van der Waals surface area contributed by atoms with E-state index in [9.17, 15) is 9.59 Å². The van der Waals surface area contributed by atoms with Gasteiger partial charge in [-0.25, -0.2) is 0 Å². The van der Waals surface area contributed by atoms with Gasteiger partial charge in [-0.15, -0.1) is 11.6 Å². The van der Waals surface area contributed by atoms with E-state index in [0.717, 1.165) is 0 Å². The van der Waals surface area contributed by atoms with Crippen LogP contribution in [0.2, 0.25) is 0 Å². The summed E-state index contributed by atoms with van der Waals surface area (Å²) in [5.41, 5.74) is 1.17. The zero-order valence-corrected chi connectivity index (χ0v) is 8.81. The minimum atomic E-state index is -0.399. The van der Waals surface area contributed by atoms with Crippen molar-refractivity contribution in [1.82, 2.24) is 0 Å². The molecule has 0 aromatic heterocycles. The van der Waals surface area contributed by atoms with E-state index in [0.29, 0.717) is 16.7 Å². The normalized spacial score (nSPS) is 18.3. The van der Waals surface area contributed by atoms with Crippen LogP contribution in [0.1, 0.15) is 13.8 Å². The molecule has 0 atom stereocenters. The molecule has 0 amide bonds. The fourth-order valence-electron chi connectivity index (χ4n) is 1.42. The van der Waals surface area contributed by atoms with Gasteiger partial charge in [-0.05, 0) is 13.8 Å². The van der Waals surface area contributed by atoms with Crippen molar-refractivity contribution < 1.29 is 14.7 Å². The van der Waals surface area contributed by atoms with Gasteiger partial charge in [0.15, 0.2) is 11.6 Å². The van der Waals surface area contributed by atoms with E-state index in [1.54, 1.807) is 6.92 Å². The Balaban J connectivity index is 3.28. The molecule has 0 unspecified atom stereocenters. The van der Waals surface area contributed by atoms with Crippen LogP contribution in [-0.2, 0) is 9.59 Å². The van der Waals surface area contributed by atoms with E-state index in [4.69, 9.17) is 16.7 Å². The lowest BCUT2D eigenvalue weighted by atomic mass is 9.86. The van der Waals surface area contributed by atoms with E-state index in [1.807, 2.05) is 0 Å². The average molecular weight is 215 g/mol. The van der Waals surface area contributed by atoms with Gasteiger partial charge >= 0.3 is 0 Å². The highest BCUT2D eigenvalue weighted by molar-refractivity contribution is 6.30. The quantitative estimate of drug-likeness (QED) is 0.551. The van der Waals surface area contributed by atoms with E-state index in [-0.39, 0.29) is 23.0 Å². The zero-order chi connectivity index (χ0) is 10.9. The van der Waals surface area contributed by atoms with Crippen LogP contribution in [0.15, 0.2) is 22.3 Å². The van der Waals surface area contributed by atoms with Crippen molar-refractivity contribution in [2.75, 3.05) is 12.5 Å². The molecule has 1 N–H and O–H groups in total. The van der Waals surface area contributed by atoms with Crippen LogP contribution in [0.4, 0.5) is 0 Å². The lowest BCUT2D eigenvalue weighted by molar-refractivity contribution is -0.116. The molecule has 0 saturated heterocycles. The molecule has 76 valence electrons. The summed E-state index contributed by atoms with van der Waals surface area (Å²) in [5, 5.41) is 8.94. The SMILES string of the molecule is CC1=C(CO)C(=O)C(C)=C(CCl)C1=O. The number of alkyl halides is 1. The van der Waals surface area contributed by atoms with Gasteiger partial charge in [0.25, 0.3) is 0 Å². The number of carbonyl (C=O) groups is 2. The minimum Gasteiger partial charge on any atom is -0.392 e. The fourth-order valence-corrected chi connectivity index (χ4v) is 1.74.